The molecule has 12 aromatic rings. The zero-order chi connectivity index (χ0) is 41.0. The number of fused-ring (bicyclic) bond motifs is 6. The normalized spacial score (nSPS) is 11.5. The fourth-order valence-corrected chi connectivity index (χ4v) is 8.78. The summed E-state index contributed by atoms with van der Waals surface area (Å²) in [4.78, 5) is 15.4. The highest BCUT2D eigenvalue weighted by atomic mass is 16.3. The molecule has 5 nitrogen and oxygen atoms in total. The molecule has 62 heavy (non-hydrogen) atoms. The highest BCUT2D eigenvalue weighted by Gasteiger charge is 2.21. The molecule has 3 heterocycles. The zero-order valence-corrected chi connectivity index (χ0v) is 33.4. The van der Waals surface area contributed by atoms with E-state index in [1.807, 2.05) is 42.5 Å². The third-order valence-electron chi connectivity index (χ3n) is 11.8. The van der Waals surface area contributed by atoms with E-state index in [4.69, 9.17) is 23.8 Å². The topological polar surface area (TPSA) is 65.0 Å². The largest absolute Gasteiger partial charge is 0.456 e. The Bertz CT molecular complexity index is 3530. The molecule has 0 fully saturated rings. The zero-order valence-electron chi connectivity index (χ0n) is 33.4. The SMILES string of the molecule is c1ccc(-c2cccc(-c3nc(-c4ccc(-c5ccc(-c6cccc7oc8ccccc8c67)c6oc7ccccc7c56)cc4)nc(-c4cccc(-c5ccccc5)c4)n3)c2)cc1. The van der Waals surface area contributed by atoms with Gasteiger partial charge in [0.25, 0.3) is 0 Å². The van der Waals surface area contributed by atoms with Crippen LogP contribution < -0.4 is 0 Å². The Morgan fingerprint density at radius 1 is 0.258 bits per heavy atom. The molecule has 0 saturated carbocycles. The van der Waals surface area contributed by atoms with Crippen molar-refractivity contribution in [2.45, 2.75) is 0 Å². The maximum atomic E-state index is 6.76. The molecular weight excluding hydrogens is 759 g/mol. The Morgan fingerprint density at radius 3 is 1.34 bits per heavy atom. The van der Waals surface area contributed by atoms with Crippen LogP contribution in [0.25, 0.3) is 123 Å². The Balaban J connectivity index is 0.989. The van der Waals surface area contributed by atoms with Crippen LogP contribution in [0.2, 0.25) is 0 Å². The van der Waals surface area contributed by atoms with Gasteiger partial charge in [-0.15, -0.1) is 0 Å². The van der Waals surface area contributed by atoms with Gasteiger partial charge in [-0.1, -0.05) is 176 Å². The molecule has 0 saturated heterocycles. The van der Waals surface area contributed by atoms with E-state index >= 15 is 0 Å². The number of nitrogens with zero attached hydrogens (tertiary/aromatic N) is 3. The maximum Gasteiger partial charge on any atom is 0.164 e. The molecule has 0 atom stereocenters. The molecule has 0 aliphatic carbocycles. The van der Waals surface area contributed by atoms with Gasteiger partial charge in [0.15, 0.2) is 17.5 Å². The van der Waals surface area contributed by atoms with E-state index in [-0.39, 0.29) is 0 Å². The Hall–Kier alpha value is -8.41. The standard InChI is InChI=1S/C57H35N3O2/c1-3-14-36(15-4-1)40-18-11-20-42(34-40)56-58-55(59-57(60-56)43-21-12-19-41(35-43)37-16-5-2-6-17-37)39-30-28-38(29-31-39)44-32-33-46(54-53(44)48-23-8-10-26-50(48)62-54)45-24-13-27-51-52(45)47-22-7-9-25-49(47)61-51/h1-35H. The van der Waals surface area contributed by atoms with Gasteiger partial charge in [-0.3, -0.25) is 0 Å². The second kappa shape index (κ2) is 14.7. The number of hydrogen-bond donors (Lipinski definition) is 0. The third-order valence-corrected chi connectivity index (χ3v) is 11.8. The smallest absolute Gasteiger partial charge is 0.164 e. The van der Waals surface area contributed by atoms with Gasteiger partial charge in [0.2, 0.25) is 0 Å². The minimum atomic E-state index is 0.599. The third kappa shape index (κ3) is 6.14. The summed E-state index contributed by atoms with van der Waals surface area (Å²) in [5.74, 6) is 1.82. The van der Waals surface area contributed by atoms with Crippen molar-refractivity contribution in [3.8, 4) is 78.7 Å². The highest BCUT2D eigenvalue weighted by Crippen LogP contribution is 2.45. The van der Waals surface area contributed by atoms with Crippen LogP contribution in [0.5, 0.6) is 0 Å². The van der Waals surface area contributed by atoms with Gasteiger partial charge < -0.3 is 8.83 Å². The molecule has 0 aliphatic rings. The van der Waals surface area contributed by atoms with Crippen LogP contribution in [0.1, 0.15) is 0 Å². The average Bonchev–Trinajstić information content (AvgIpc) is 3.94. The number of hydrogen-bond acceptors (Lipinski definition) is 5. The summed E-state index contributed by atoms with van der Waals surface area (Å²) in [6, 6.07) is 73.3. The van der Waals surface area contributed by atoms with E-state index < -0.39 is 0 Å². The number of aromatic nitrogens is 3. The number of rotatable bonds is 7. The molecule has 0 amide bonds. The van der Waals surface area contributed by atoms with Gasteiger partial charge in [-0.2, -0.15) is 0 Å². The second-order valence-corrected chi connectivity index (χ2v) is 15.5. The summed E-state index contributed by atoms with van der Waals surface area (Å²) >= 11 is 0. The van der Waals surface area contributed by atoms with Crippen LogP contribution in [0.4, 0.5) is 0 Å². The summed E-state index contributed by atoms with van der Waals surface area (Å²) < 4.78 is 13.1. The highest BCUT2D eigenvalue weighted by molar-refractivity contribution is 6.20. The summed E-state index contributed by atoms with van der Waals surface area (Å²) in [5.41, 5.74) is 14.8. The Kier molecular flexibility index (Phi) is 8.42. The lowest BCUT2D eigenvalue weighted by atomic mass is 9.92. The van der Waals surface area contributed by atoms with Crippen molar-refractivity contribution in [3.05, 3.63) is 212 Å². The molecule has 12 rings (SSSR count). The van der Waals surface area contributed by atoms with Crippen molar-refractivity contribution in [1.29, 1.82) is 0 Å². The first kappa shape index (κ1) is 35.5. The molecule has 290 valence electrons. The van der Waals surface area contributed by atoms with Crippen LogP contribution in [0.15, 0.2) is 221 Å². The monoisotopic (exact) mass is 793 g/mol. The fourth-order valence-electron chi connectivity index (χ4n) is 8.78. The summed E-state index contributed by atoms with van der Waals surface area (Å²) in [7, 11) is 0. The van der Waals surface area contributed by atoms with Crippen LogP contribution in [0, 0.1) is 0 Å². The van der Waals surface area contributed by atoms with Gasteiger partial charge in [0, 0.05) is 43.8 Å². The molecule has 0 N–H and O–H groups in total. The first-order valence-electron chi connectivity index (χ1n) is 20.8. The minimum Gasteiger partial charge on any atom is -0.456 e. The number of para-hydroxylation sites is 2. The molecule has 0 spiro atoms. The van der Waals surface area contributed by atoms with Crippen molar-refractivity contribution in [2.75, 3.05) is 0 Å². The Labute approximate surface area is 357 Å². The van der Waals surface area contributed by atoms with Crippen LogP contribution in [-0.2, 0) is 0 Å². The van der Waals surface area contributed by atoms with Gasteiger partial charge in [-0.05, 0) is 75.3 Å². The molecule has 5 heteroatoms. The molecule has 0 bridgehead atoms. The Morgan fingerprint density at radius 2 is 0.710 bits per heavy atom. The maximum absolute atomic E-state index is 6.76. The van der Waals surface area contributed by atoms with Crippen molar-refractivity contribution in [2.24, 2.45) is 0 Å². The summed E-state index contributed by atoms with van der Waals surface area (Å²) in [6.07, 6.45) is 0. The lowest BCUT2D eigenvalue weighted by Crippen LogP contribution is -2.00. The van der Waals surface area contributed by atoms with E-state index in [1.165, 1.54) is 0 Å². The lowest BCUT2D eigenvalue weighted by molar-refractivity contribution is 0.668. The summed E-state index contributed by atoms with van der Waals surface area (Å²) in [5, 5.41) is 4.29. The van der Waals surface area contributed by atoms with E-state index in [0.717, 1.165) is 105 Å². The van der Waals surface area contributed by atoms with E-state index in [2.05, 4.69) is 170 Å². The predicted octanol–water partition coefficient (Wildman–Crippen LogP) is 15.3. The lowest BCUT2D eigenvalue weighted by Gasteiger charge is -2.12. The average molecular weight is 794 g/mol. The molecule has 0 unspecified atom stereocenters. The molecule has 0 radical (unpaired) electrons. The van der Waals surface area contributed by atoms with E-state index in [1.54, 1.807) is 0 Å². The molecular formula is C57H35N3O2. The first-order chi connectivity index (χ1) is 30.7. The van der Waals surface area contributed by atoms with E-state index in [0.29, 0.717) is 17.5 Å². The van der Waals surface area contributed by atoms with Crippen LogP contribution in [0.3, 0.4) is 0 Å². The van der Waals surface area contributed by atoms with Crippen molar-refractivity contribution < 1.29 is 8.83 Å². The van der Waals surface area contributed by atoms with Crippen molar-refractivity contribution in [3.63, 3.8) is 0 Å². The molecule has 9 aromatic carbocycles. The number of furan rings is 2. The van der Waals surface area contributed by atoms with E-state index in [9.17, 15) is 0 Å². The first-order valence-corrected chi connectivity index (χ1v) is 20.8. The quantitative estimate of drug-likeness (QED) is 0.161. The molecule has 0 aliphatic heterocycles. The second-order valence-electron chi connectivity index (χ2n) is 15.5. The predicted molar refractivity (Wildman–Crippen MR) is 252 cm³/mol. The van der Waals surface area contributed by atoms with Crippen LogP contribution in [-0.4, -0.2) is 15.0 Å². The van der Waals surface area contributed by atoms with Gasteiger partial charge in [-0.25, -0.2) is 15.0 Å². The summed E-state index contributed by atoms with van der Waals surface area (Å²) in [6.45, 7) is 0. The van der Waals surface area contributed by atoms with Crippen LogP contribution >= 0.6 is 0 Å². The van der Waals surface area contributed by atoms with Crippen molar-refractivity contribution in [1.82, 2.24) is 15.0 Å². The molecule has 3 aromatic heterocycles. The fraction of sp³-hybridized carbons (Fsp3) is 0. The van der Waals surface area contributed by atoms with Crippen molar-refractivity contribution >= 4 is 43.9 Å². The minimum absolute atomic E-state index is 0.599. The van der Waals surface area contributed by atoms with Gasteiger partial charge >= 0.3 is 0 Å². The van der Waals surface area contributed by atoms with Gasteiger partial charge in [0.05, 0.1) is 0 Å². The van der Waals surface area contributed by atoms with Gasteiger partial charge in [0.1, 0.15) is 22.3 Å². The number of benzene rings is 9.